The molecule has 0 bridgehead atoms. The summed E-state index contributed by atoms with van der Waals surface area (Å²) in [5.74, 6) is -1.75. The van der Waals surface area contributed by atoms with Crippen LogP contribution >= 0.6 is 11.6 Å². The molecule has 1 aliphatic rings. The summed E-state index contributed by atoms with van der Waals surface area (Å²) < 4.78 is 5.26. The molecule has 2 aromatic carbocycles. The molecule has 3 aromatic rings. The van der Waals surface area contributed by atoms with Crippen molar-refractivity contribution >= 4 is 34.7 Å². The van der Waals surface area contributed by atoms with Gasteiger partial charge >= 0.3 is 0 Å². The number of rotatable bonds is 7. The van der Waals surface area contributed by atoms with Gasteiger partial charge in [-0.25, -0.2) is 0 Å². The first-order chi connectivity index (χ1) is 15.5. The lowest BCUT2D eigenvalue weighted by molar-refractivity contribution is -0.117. The molecule has 0 fully saturated rings. The molecule has 1 aliphatic heterocycles. The van der Waals surface area contributed by atoms with E-state index in [0.717, 1.165) is 18.8 Å². The van der Waals surface area contributed by atoms with Crippen molar-refractivity contribution in [2.24, 2.45) is 0 Å². The maximum absolute atomic E-state index is 13.2. The standard InChI is InChI=1S/C25H23ClN2O4/c1-3-27(4-2)18-12-10-16(11-13-18)22-21(23(29)20-9-6-14-32-20)24(30)25(31)28(22)19-8-5-7-17(26)15-19/h5-15,22,30H,3-4H2,1-2H3. The third kappa shape index (κ3) is 3.78. The topological polar surface area (TPSA) is 74.0 Å². The summed E-state index contributed by atoms with van der Waals surface area (Å²) in [4.78, 5) is 30.0. The average molecular weight is 451 g/mol. The van der Waals surface area contributed by atoms with Crippen LogP contribution in [0.25, 0.3) is 0 Å². The Morgan fingerprint density at radius 2 is 1.81 bits per heavy atom. The first-order valence-corrected chi connectivity index (χ1v) is 10.8. The maximum atomic E-state index is 13.2. The summed E-state index contributed by atoms with van der Waals surface area (Å²) in [6.45, 7) is 5.87. The van der Waals surface area contributed by atoms with Crippen LogP contribution in [0.1, 0.15) is 36.0 Å². The number of anilines is 2. The van der Waals surface area contributed by atoms with E-state index in [9.17, 15) is 14.7 Å². The lowest BCUT2D eigenvalue weighted by Gasteiger charge is -2.28. The third-order valence-electron chi connectivity index (χ3n) is 5.62. The molecule has 0 radical (unpaired) electrons. The molecule has 1 unspecified atom stereocenters. The van der Waals surface area contributed by atoms with Crippen LogP contribution in [0, 0.1) is 0 Å². The van der Waals surface area contributed by atoms with Crippen molar-refractivity contribution in [1.29, 1.82) is 0 Å². The number of hydrogen-bond acceptors (Lipinski definition) is 5. The van der Waals surface area contributed by atoms with E-state index in [2.05, 4.69) is 18.7 Å². The Hall–Kier alpha value is -3.51. The summed E-state index contributed by atoms with van der Waals surface area (Å²) in [7, 11) is 0. The Morgan fingerprint density at radius 3 is 2.41 bits per heavy atom. The zero-order chi connectivity index (χ0) is 22.8. The van der Waals surface area contributed by atoms with Gasteiger partial charge in [-0.05, 0) is 61.9 Å². The zero-order valence-corrected chi connectivity index (χ0v) is 18.5. The molecule has 2 heterocycles. The Morgan fingerprint density at radius 1 is 1.09 bits per heavy atom. The second kappa shape index (κ2) is 8.93. The van der Waals surface area contributed by atoms with E-state index in [1.807, 2.05) is 24.3 Å². The van der Waals surface area contributed by atoms with Gasteiger partial charge in [0.25, 0.3) is 5.91 Å². The molecule has 7 heteroatoms. The number of furan rings is 1. The molecule has 0 aliphatic carbocycles. The van der Waals surface area contributed by atoms with Crippen LogP contribution in [0.15, 0.2) is 82.7 Å². The van der Waals surface area contributed by atoms with Crippen molar-refractivity contribution in [3.05, 3.63) is 94.6 Å². The Bertz CT molecular complexity index is 1160. The summed E-state index contributed by atoms with van der Waals surface area (Å²) in [5.41, 5.74) is 2.17. The predicted molar refractivity (Wildman–Crippen MR) is 124 cm³/mol. The normalized spacial score (nSPS) is 16.0. The summed E-state index contributed by atoms with van der Waals surface area (Å²) >= 11 is 6.17. The molecule has 0 saturated carbocycles. The Kier molecular flexibility index (Phi) is 6.06. The number of hydrogen-bond donors (Lipinski definition) is 1. The molecule has 4 rings (SSSR count). The van der Waals surface area contributed by atoms with Crippen molar-refractivity contribution in [3.8, 4) is 0 Å². The smallest absolute Gasteiger partial charge is 0.294 e. The van der Waals surface area contributed by atoms with Gasteiger partial charge in [-0.15, -0.1) is 0 Å². The fraction of sp³-hybridized carbons (Fsp3) is 0.200. The monoisotopic (exact) mass is 450 g/mol. The van der Waals surface area contributed by atoms with Gasteiger partial charge in [0.2, 0.25) is 5.78 Å². The Labute approximate surface area is 191 Å². The van der Waals surface area contributed by atoms with E-state index in [4.69, 9.17) is 16.0 Å². The average Bonchev–Trinajstić information content (AvgIpc) is 3.42. The lowest BCUT2D eigenvalue weighted by atomic mass is 9.94. The summed E-state index contributed by atoms with van der Waals surface area (Å²) in [6, 6.07) is 16.7. The van der Waals surface area contributed by atoms with Gasteiger partial charge in [-0.3, -0.25) is 14.5 Å². The minimum absolute atomic E-state index is 0.0273. The molecule has 1 aromatic heterocycles. The van der Waals surface area contributed by atoms with E-state index in [1.165, 1.54) is 17.2 Å². The number of Topliss-reactive ketones (excluding diaryl/α,β-unsaturated/α-hetero) is 1. The van der Waals surface area contributed by atoms with Crippen LogP contribution in [0.2, 0.25) is 5.02 Å². The van der Waals surface area contributed by atoms with Crippen molar-refractivity contribution in [3.63, 3.8) is 0 Å². The number of carbonyl (C=O) groups excluding carboxylic acids is 2. The number of aliphatic hydroxyl groups is 1. The highest BCUT2D eigenvalue weighted by Crippen LogP contribution is 2.42. The molecule has 0 saturated heterocycles. The quantitative estimate of drug-likeness (QED) is 0.477. The predicted octanol–water partition coefficient (Wildman–Crippen LogP) is 5.56. The molecule has 32 heavy (non-hydrogen) atoms. The van der Waals surface area contributed by atoms with Crippen LogP contribution in [0.4, 0.5) is 11.4 Å². The van der Waals surface area contributed by atoms with Gasteiger partial charge in [0.15, 0.2) is 11.5 Å². The molecular formula is C25H23ClN2O4. The number of aliphatic hydroxyl groups excluding tert-OH is 1. The fourth-order valence-corrected chi connectivity index (χ4v) is 4.23. The first kappa shape index (κ1) is 21.7. The zero-order valence-electron chi connectivity index (χ0n) is 17.8. The number of ketones is 1. The van der Waals surface area contributed by atoms with Crippen LogP contribution in [0.3, 0.4) is 0 Å². The Balaban J connectivity index is 1.84. The number of amides is 1. The van der Waals surface area contributed by atoms with Gasteiger partial charge < -0.3 is 14.4 Å². The molecular weight excluding hydrogens is 428 g/mol. The minimum Gasteiger partial charge on any atom is -0.503 e. The van der Waals surface area contributed by atoms with E-state index >= 15 is 0 Å². The number of carbonyl (C=O) groups is 2. The molecule has 1 atom stereocenters. The van der Waals surface area contributed by atoms with Crippen LogP contribution in [-0.4, -0.2) is 29.9 Å². The van der Waals surface area contributed by atoms with Crippen LogP contribution in [0.5, 0.6) is 0 Å². The highest BCUT2D eigenvalue weighted by atomic mass is 35.5. The first-order valence-electron chi connectivity index (χ1n) is 10.4. The van der Waals surface area contributed by atoms with Crippen molar-refractivity contribution in [1.82, 2.24) is 0 Å². The molecule has 1 amide bonds. The molecule has 164 valence electrons. The van der Waals surface area contributed by atoms with E-state index in [0.29, 0.717) is 16.3 Å². The largest absolute Gasteiger partial charge is 0.503 e. The van der Waals surface area contributed by atoms with E-state index in [-0.39, 0.29) is 11.3 Å². The maximum Gasteiger partial charge on any atom is 0.294 e. The van der Waals surface area contributed by atoms with Crippen molar-refractivity contribution in [2.45, 2.75) is 19.9 Å². The van der Waals surface area contributed by atoms with Gasteiger partial charge in [0.1, 0.15) is 0 Å². The van der Waals surface area contributed by atoms with Crippen molar-refractivity contribution in [2.75, 3.05) is 22.9 Å². The SMILES string of the molecule is CCN(CC)c1ccc(C2C(C(=O)c3ccco3)=C(O)C(=O)N2c2cccc(Cl)c2)cc1. The summed E-state index contributed by atoms with van der Waals surface area (Å²) in [6.07, 6.45) is 1.38. The van der Waals surface area contributed by atoms with Gasteiger partial charge in [0.05, 0.1) is 17.9 Å². The molecule has 6 nitrogen and oxygen atoms in total. The minimum atomic E-state index is -0.829. The van der Waals surface area contributed by atoms with Crippen LogP contribution < -0.4 is 9.80 Å². The second-order valence-electron chi connectivity index (χ2n) is 7.39. The van der Waals surface area contributed by atoms with E-state index in [1.54, 1.807) is 30.3 Å². The molecule has 0 spiro atoms. The number of benzene rings is 2. The molecule has 1 N–H and O–H groups in total. The summed E-state index contributed by atoms with van der Waals surface area (Å²) in [5, 5.41) is 11.2. The van der Waals surface area contributed by atoms with E-state index < -0.39 is 23.5 Å². The number of nitrogens with zero attached hydrogens (tertiary/aromatic N) is 2. The van der Waals surface area contributed by atoms with Gasteiger partial charge in [0, 0.05) is 29.5 Å². The number of halogens is 1. The second-order valence-corrected chi connectivity index (χ2v) is 7.83. The van der Waals surface area contributed by atoms with Gasteiger partial charge in [-0.1, -0.05) is 29.8 Å². The fourth-order valence-electron chi connectivity index (χ4n) is 4.04. The van der Waals surface area contributed by atoms with Crippen molar-refractivity contribution < 1.29 is 19.1 Å². The lowest BCUT2D eigenvalue weighted by Crippen LogP contribution is -2.31. The third-order valence-corrected chi connectivity index (χ3v) is 5.86. The highest BCUT2D eigenvalue weighted by Gasteiger charge is 2.45. The van der Waals surface area contributed by atoms with Crippen LogP contribution in [-0.2, 0) is 4.79 Å². The van der Waals surface area contributed by atoms with Gasteiger partial charge in [-0.2, -0.15) is 0 Å². The highest BCUT2D eigenvalue weighted by molar-refractivity contribution is 6.31.